The van der Waals surface area contributed by atoms with Gasteiger partial charge >= 0.3 is 5.97 Å². The Bertz CT molecular complexity index is 1060. The summed E-state index contributed by atoms with van der Waals surface area (Å²) in [6.07, 6.45) is 2.59. The Hall–Kier alpha value is -3.67. The molecule has 3 aromatic rings. The molecule has 0 spiro atoms. The molecule has 29 heavy (non-hydrogen) atoms. The number of para-hydroxylation sites is 2. The first-order valence-electron chi connectivity index (χ1n) is 9.56. The summed E-state index contributed by atoms with van der Waals surface area (Å²) in [5.41, 5.74) is 4.35. The average molecular weight is 387 g/mol. The lowest BCUT2D eigenvalue weighted by molar-refractivity contribution is 0.0527. The van der Waals surface area contributed by atoms with Gasteiger partial charge in [0, 0.05) is 24.1 Å². The van der Waals surface area contributed by atoms with Crippen LogP contribution in [-0.4, -0.2) is 30.0 Å². The molecule has 1 aromatic heterocycles. The number of ether oxygens (including phenoxy) is 1. The van der Waals surface area contributed by atoms with E-state index in [2.05, 4.69) is 27.3 Å². The van der Waals surface area contributed by atoms with Gasteiger partial charge < -0.3 is 15.0 Å². The van der Waals surface area contributed by atoms with E-state index < -0.39 is 5.97 Å². The summed E-state index contributed by atoms with van der Waals surface area (Å²) < 4.78 is 5.06. The van der Waals surface area contributed by atoms with Crippen molar-refractivity contribution in [1.82, 2.24) is 4.98 Å². The highest BCUT2D eigenvalue weighted by molar-refractivity contribution is 6.07. The number of rotatable bonds is 5. The van der Waals surface area contributed by atoms with E-state index in [0.29, 0.717) is 11.3 Å². The van der Waals surface area contributed by atoms with Crippen LogP contribution in [0.1, 0.15) is 33.3 Å². The number of fused-ring (bicyclic) bond motifs is 1. The number of pyridine rings is 1. The second-order valence-electron chi connectivity index (χ2n) is 6.65. The first-order chi connectivity index (χ1) is 14.2. The Morgan fingerprint density at radius 3 is 2.76 bits per heavy atom. The maximum atomic E-state index is 12.8. The molecule has 1 aliphatic heterocycles. The third-order valence-electron chi connectivity index (χ3n) is 4.85. The van der Waals surface area contributed by atoms with Gasteiger partial charge in [0.05, 0.1) is 17.9 Å². The molecule has 4 rings (SSSR count). The Morgan fingerprint density at radius 1 is 1.10 bits per heavy atom. The van der Waals surface area contributed by atoms with E-state index in [4.69, 9.17) is 4.74 Å². The first-order valence-corrected chi connectivity index (χ1v) is 9.56. The van der Waals surface area contributed by atoms with Crippen LogP contribution in [0, 0.1) is 0 Å². The lowest BCUT2D eigenvalue weighted by Crippen LogP contribution is -2.18. The van der Waals surface area contributed by atoms with Crippen LogP contribution in [0.5, 0.6) is 0 Å². The van der Waals surface area contributed by atoms with Gasteiger partial charge in [-0.05, 0) is 49.2 Å². The van der Waals surface area contributed by atoms with Gasteiger partial charge in [0.15, 0.2) is 0 Å². The fraction of sp³-hybridized carbons (Fsp3) is 0.174. The molecule has 0 fully saturated rings. The Balaban J connectivity index is 1.57. The average Bonchev–Trinajstić information content (AvgIpc) is 3.18. The summed E-state index contributed by atoms with van der Waals surface area (Å²) in [5, 5.41) is 2.78. The van der Waals surface area contributed by atoms with E-state index >= 15 is 0 Å². The van der Waals surface area contributed by atoms with Crippen LogP contribution in [0.15, 0.2) is 66.9 Å². The number of nitrogens with zero attached hydrogens (tertiary/aromatic N) is 2. The molecule has 0 radical (unpaired) electrons. The molecule has 1 N–H and O–H groups in total. The molecule has 2 heterocycles. The predicted octanol–water partition coefficient (Wildman–Crippen LogP) is 4.20. The molecule has 6 nitrogen and oxygen atoms in total. The summed E-state index contributed by atoms with van der Waals surface area (Å²) in [7, 11) is 0. The number of amides is 1. The summed E-state index contributed by atoms with van der Waals surface area (Å²) in [6, 6.07) is 18.7. The van der Waals surface area contributed by atoms with Crippen LogP contribution in [0.3, 0.4) is 0 Å². The second kappa shape index (κ2) is 8.14. The third-order valence-corrected chi connectivity index (χ3v) is 4.85. The minimum Gasteiger partial charge on any atom is -0.462 e. The highest BCUT2D eigenvalue weighted by Crippen LogP contribution is 2.34. The zero-order chi connectivity index (χ0) is 20.2. The molecule has 0 unspecified atom stereocenters. The first kappa shape index (κ1) is 18.7. The largest absolute Gasteiger partial charge is 0.462 e. The van der Waals surface area contributed by atoms with Crippen molar-refractivity contribution in [2.45, 2.75) is 13.3 Å². The molecule has 6 heteroatoms. The quantitative estimate of drug-likeness (QED) is 0.664. The lowest BCUT2D eigenvalue weighted by Gasteiger charge is -2.20. The zero-order valence-electron chi connectivity index (χ0n) is 16.1. The predicted molar refractivity (Wildman–Crippen MR) is 112 cm³/mol. The van der Waals surface area contributed by atoms with Gasteiger partial charge in [-0.1, -0.05) is 30.3 Å². The molecule has 0 aliphatic carbocycles. The molecule has 0 bridgehead atoms. The van der Waals surface area contributed by atoms with E-state index in [1.165, 1.54) is 5.56 Å². The number of nitrogens with one attached hydrogen (secondary N) is 1. The maximum Gasteiger partial charge on any atom is 0.340 e. The normalized spacial score (nSPS) is 12.4. The number of anilines is 3. The molecule has 0 saturated carbocycles. The van der Waals surface area contributed by atoms with Gasteiger partial charge in [-0.2, -0.15) is 0 Å². The van der Waals surface area contributed by atoms with E-state index in [1.807, 2.05) is 18.2 Å². The second-order valence-corrected chi connectivity index (χ2v) is 6.65. The third kappa shape index (κ3) is 3.82. The van der Waals surface area contributed by atoms with Gasteiger partial charge in [-0.25, -0.2) is 4.79 Å². The SMILES string of the molecule is CCOC(=O)c1ccccc1NC(=O)c1cc(N2CCc3ccccc32)ccn1. The highest BCUT2D eigenvalue weighted by atomic mass is 16.5. The monoisotopic (exact) mass is 387 g/mol. The van der Waals surface area contributed by atoms with Crippen LogP contribution >= 0.6 is 0 Å². The van der Waals surface area contributed by atoms with E-state index in [9.17, 15) is 9.59 Å². The van der Waals surface area contributed by atoms with Crippen LogP contribution in [0.2, 0.25) is 0 Å². The fourth-order valence-corrected chi connectivity index (χ4v) is 3.48. The minimum absolute atomic E-state index is 0.266. The highest BCUT2D eigenvalue weighted by Gasteiger charge is 2.21. The van der Waals surface area contributed by atoms with Crippen molar-refractivity contribution in [1.29, 1.82) is 0 Å². The van der Waals surface area contributed by atoms with Gasteiger partial charge in [-0.15, -0.1) is 0 Å². The molecule has 1 aliphatic rings. The fourth-order valence-electron chi connectivity index (χ4n) is 3.48. The van der Waals surface area contributed by atoms with E-state index in [1.54, 1.807) is 43.5 Å². The minimum atomic E-state index is -0.473. The number of carbonyl (C=O) groups is 2. The van der Waals surface area contributed by atoms with Crippen LogP contribution in [0.25, 0.3) is 0 Å². The Morgan fingerprint density at radius 2 is 1.90 bits per heavy atom. The number of hydrogen-bond acceptors (Lipinski definition) is 5. The Labute approximate surface area is 169 Å². The summed E-state index contributed by atoms with van der Waals surface area (Å²) in [5.74, 6) is -0.852. The van der Waals surface area contributed by atoms with Crippen LogP contribution in [-0.2, 0) is 11.2 Å². The van der Waals surface area contributed by atoms with Crippen molar-refractivity contribution in [3.8, 4) is 0 Å². The number of carbonyl (C=O) groups excluding carboxylic acids is 2. The van der Waals surface area contributed by atoms with Crippen LogP contribution in [0.4, 0.5) is 17.1 Å². The maximum absolute atomic E-state index is 12.8. The topological polar surface area (TPSA) is 71.5 Å². The van der Waals surface area contributed by atoms with Crippen LogP contribution < -0.4 is 10.2 Å². The van der Waals surface area contributed by atoms with Gasteiger partial charge in [-0.3, -0.25) is 9.78 Å². The summed E-state index contributed by atoms with van der Waals surface area (Å²) in [6.45, 7) is 2.86. The number of benzene rings is 2. The number of hydrogen-bond donors (Lipinski definition) is 1. The lowest BCUT2D eigenvalue weighted by atomic mass is 10.1. The van der Waals surface area contributed by atoms with Crippen molar-refractivity contribution in [2.75, 3.05) is 23.4 Å². The molecule has 146 valence electrons. The van der Waals surface area contributed by atoms with Crippen molar-refractivity contribution in [3.63, 3.8) is 0 Å². The van der Waals surface area contributed by atoms with Gasteiger partial charge in [0.2, 0.25) is 0 Å². The van der Waals surface area contributed by atoms with Crippen molar-refractivity contribution >= 4 is 28.9 Å². The number of esters is 1. The molecular weight excluding hydrogens is 366 g/mol. The number of aromatic nitrogens is 1. The molecule has 1 amide bonds. The van der Waals surface area contributed by atoms with Gasteiger partial charge in [0.1, 0.15) is 5.69 Å². The smallest absolute Gasteiger partial charge is 0.340 e. The summed E-state index contributed by atoms with van der Waals surface area (Å²) in [4.78, 5) is 31.3. The molecular formula is C23H21N3O3. The standard InChI is InChI=1S/C23H21N3O3/c1-2-29-23(28)18-8-4-5-9-19(18)25-22(27)20-15-17(11-13-24-20)26-14-12-16-7-3-6-10-21(16)26/h3-11,13,15H,2,12,14H2,1H3,(H,25,27). The van der Waals surface area contributed by atoms with Gasteiger partial charge in [0.25, 0.3) is 5.91 Å². The van der Waals surface area contributed by atoms with Crippen molar-refractivity contribution in [2.24, 2.45) is 0 Å². The summed E-state index contributed by atoms with van der Waals surface area (Å²) >= 11 is 0. The Kier molecular flexibility index (Phi) is 5.24. The van der Waals surface area contributed by atoms with Crippen molar-refractivity contribution in [3.05, 3.63) is 83.7 Å². The molecule has 0 atom stereocenters. The molecule has 2 aromatic carbocycles. The zero-order valence-corrected chi connectivity index (χ0v) is 16.1. The van der Waals surface area contributed by atoms with Crippen molar-refractivity contribution < 1.29 is 14.3 Å². The van der Waals surface area contributed by atoms with E-state index in [0.717, 1.165) is 24.3 Å². The van der Waals surface area contributed by atoms with E-state index in [-0.39, 0.29) is 18.2 Å². The molecule has 0 saturated heterocycles.